The zero-order chi connectivity index (χ0) is 10.6. The van der Waals surface area contributed by atoms with Crippen molar-refractivity contribution in [3.8, 4) is 0 Å². The average molecular weight is 213 g/mol. The Morgan fingerprint density at radius 1 is 1.64 bits per heavy atom. The van der Waals surface area contributed by atoms with Crippen LogP contribution in [0, 0.1) is 6.92 Å². The third-order valence-corrected chi connectivity index (χ3v) is 2.71. The standard InChI is InChI=1S/C9H15N3OS/c1-7-6-14-8(11-7)4-5-10-9(13)12(2)3/h6H,4-5H2,1-3H3,(H,10,13). The predicted octanol–water partition coefficient (Wildman–Crippen LogP) is 1.27. The molecule has 0 aliphatic rings. The van der Waals surface area contributed by atoms with E-state index in [-0.39, 0.29) is 6.03 Å². The molecule has 0 aliphatic heterocycles. The average Bonchev–Trinajstić information content (AvgIpc) is 2.51. The number of thiazole rings is 1. The number of amides is 2. The van der Waals surface area contributed by atoms with Crippen LogP contribution in [0.4, 0.5) is 4.79 Å². The third kappa shape index (κ3) is 3.33. The second-order valence-corrected chi connectivity index (χ2v) is 4.20. The summed E-state index contributed by atoms with van der Waals surface area (Å²) in [5.41, 5.74) is 1.05. The van der Waals surface area contributed by atoms with Crippen molar-refractivity contribution in [1.82, 2.24) is 15.2 Å². The van der Waals surface area contributed by atoms with Crippen LogP contribution in [-0.2, 0) is 6.42 Å². The Hall–Kier alpha value is -1.10. The number of carbonyl (C=O) groups is 1. The SMILES string of the molecule is Cc1csc(CCNC(=O)N(C)C)n1. The fourth-order valence-corrected chi connectivity index (χ4v) is 1.73. The van der Waals surface area contributed by atoms with Gasteiger partial charge in [-0.25, -0.2) is 9.78 Å². The highest BCUT2D eigenvalue weighted by atomic mass is 32.1. The van der Waals surface area contributed by atoms with Gasteiger partial charge >= 0.3 is 6.03 Å². The second kappa shape index (κ2) is 4.95. The Balaban J connectivity index is 2.25. The van der Waals surface area contributed by atoms with E-state index in [1.165, 1.54) is 4.90 Å². The minimum Gasteiger partial charge on any atom is -0.338 e. The predicted molar refractivity (Wildman–Crippen MR) is 57.6 cm³/mol. The van der Waals surface area contributed by atoms with Gasteiger partial charge in [0.15, 0.2) is 0 Å². The second-order valence-electron chi connectivity index (χ2n) is 3.26. The quantitative estimate of drug-likeness (QED) is 0.821. The number of nitrogens with zero attached hydrogens (tertiary/aromatic N) is 2. The summed E-state index contributed by atoms with van der Waals surface area (Å²) in [5.74, 6) is 0. The van der Waals surface area contributed by atoms with Gasteiger partial charge < -0.3 is 10.2 Å². The van der Waals surface area contributed by atoms with Crippen LogP contribution in [0.2, 0.25) is 0 Å². The fourth-order valence-electron chi connectivity index (χ4n) is 0.952. The maximum Gasteiger partial charge on any atom is 0.316 e. The van der Waals surface area contributed by atoms with Gasteiger partial charge in [-0.15, -0.1) is 11.3 Å². The molecule has 0 radical (unpaired) electrons. The Morgan fingerprint density at radius 2 is 2.36 bits per heavy atom. The van der Waals surface area contributed by atoms with Crippen LogP contribution in [-0.4, -0.2) is 36.6 Å². The number of urea groups is 1. The summed E-state index contributed by atoms with van der Waals surface area (Å²) >= 11 is 1.63. The molecule has 1 aromatic heterocycles. The highest BCUT2D eigenvalue weighted by Crippen LogP contribution is 2.08. The summed E-state index contributed by atoms with van der Waals surface area (Å²) in [4.78, 5) is 17.0. The molecule has 0 aromatic carbocycles. The van der Waals surface area contributed by atoms with Crippen molar-refractivity contribution in [1.29, 1.82) is 0 Å². The van der Waals surface area contributed by atoms with Gasteiger partial charge in [-0.2, -0.15) is 0 Å². The third-order valence-electron chi connectivity index (χ3n) is 1.69. The zero-order valence-electron chi connectivity index (χ0n) is 8.70. The minimum atomic E-state index is -0.0571. The molecule has 0 saturated carbocycles. The lowest BCUT2D eigenvalue weighted by Crippen LogP contribution is -2.35. The lowest BCUT2D eigenvalue weighted by atomic mass is 10.4. The molecule has 1 aromatic rings. The zero-order valence-corrected chi connectivity index (χ0v) is 9.52. The van der Waals surface area contributed by atoms with E-state index in [1.807, 2.05) is 12.3 Å². The van der Waals surface area contributed by atoms with E-state index in [0.717, 1.165) is 17.1 Å². The summed E-state index contributed by atoms with van der Waals surface area (Å²) in [7, 11) is 3.45. The monoisotopic (exact) mass is 213 g/mol. The molecule has 0 fully saturated rings. The molecule has 2 amide bonds. The Kier molecular flexibility index (Phi) is 3.88. The van der Waals surface area contributed by atoms with Gasteiger partial charge in [-0.3, -0.25) is 0 Å². The van der Waals surface area contributed by atoms with Gasteiger partial charge in [0.25, 0.3) is 0 Å². The van der Waals surface area contributed by atoms with Crippen molar-refractivity contribution in [3.63, 3.8) is 0 Å². The first kappa shape index (κ1) is 11.0. The highest BCUT2D eigenvalue weighted by Gasteiger charge is 2.03. The first-order chi connectivity index (χ1) is 6.59. The van der Waals surface area contributed by atoms with Gasteiger partial charge in [0.1, 0.15) is 0 Å². The van der Waals surface area contributed by atoms with Gasteiger partial charge in [0.05, 0.1) is 5.01 Å². The number of hydrogen-bond donors (Lipinski definition) is 1. The molecule has 0 unspecified atom stereocenters. The number of aromatic nitrogens is 1. The van der Waals surface area contributed by atoms with Crippen LogP contribution in [0.15, 0.2) is 5.38 Å². The topological polar surface area (TPSA) is 45.2 Å². The molecule has 4 nitrogen and oxygen atoms in total. The summed E-state index contributed by atoms with van der Waals surface area (Å²) in [6.07, 6.45) is 0.804. The molecular weight excluding hydrogens is 198 g/mol. The first-order valence-electron chi connectivity index (χ1n) is 4.45. The molecule has 1 N–H and O–H groups in total. The van der Waals surface area contributed by atoms with E-state index in [9.17, 15) is 4.79 Å². The largest absolute Gasteiger partial charge is 0.338 e. The van der Waals surface area contributed by atoms with Crippen molar-refractivity contribution in [2.45, 2.75) is 13.3 Å². The van der Waals surface area contributed by atoms with Crippen LogP contribution < -0.4 is 5.32 Å². The molecule has 78 valence electrons. The minimum absolute atomic E-state index is 0.0571. The summed E-state index contributed by atoms with van der Waals surface area (Å²) in [6.45, 7) is 2.61. The molecule has 0 bridgehead atoms. The maximum atomic E-state index is 11.1. The summed E-state index contributed by atoms with van der Waals surface area (Å²) in [6, 6.07) is -0.0571. The van der Waals surface area contributed by atoms with Crippen LogP contribution in [0.25, 0.3) is 0 Å². The van der Waals surface area contributed by atoms with E-state index in [1.54, 1.807) is 25.4 Å². The molecule has 0 aliphatic carbocycles. The lowest BCUT2D eigenvalue weighted by Gasteiger charge is -2.10. The molecule has 5 heteroatoms. The Labute approximate surface area is 88.0 Å². The van der Waals surface area contributed by atoms with Gasteiger partial charge in [0.2, 0.25) is 0 Å². The van der Waals surface area contributed by atoms with E-state index in [2.05, 4.69) is 10.3 Å². The maximum absolute atomic E-state index is 11.1. The van der Waals surface area contributed by atoms with Crippen molar-refractivity contribution in [3.05, 3.63) is 16.1 Å². The van der Waals surface area contributed by atoms with Gasteiger partial charge in [0, 0.05) is 38.1 Å². The van der Waals surface area contributed by atoms with Crippen LogP contribution in [0.5, 0.6) is 0 Å². The van der Waals surface area contributed by atoms with Crippen LogP contribution >= 0.6 is 11.3 Å². The molecule has 14 heavy (non-hydrogen) atoms. The number of rotatable bonds is 3. The van der Waals surface area contributed by atoms with E-state index < -0.39 is 0 Å². The van der Waals surface area contributed by atoms with E-state index in [4.69, 9.17) is 0 Å². The molecule has 0 saturated heterocycles. The molecule has 1 heterocycles. The Bertz CT molecular complexity index is 309. The van der Waals surface area contributed by atoms with Crippen molar-refractivity contribution >= 4 is 17.4 Å². The molecule has 0 spiro atoms. The van der Waals surface area contributed by atoms with Gasteiger partial charge in [-0.05, 0) is 6.92 Å². The molecule has 0 atom stereocenters. The highest BCUT2D eigenvalue weighted by molar-refractivity contribution is 7.09. The van der Waals surface area contributed by atoms with E-state index in [0.29, 0.717) is 6.54 Å². The number of aryl methyl sites for hydroxylation is 1. The number of hydrogen-bond acceptors (Lipinski definition) is 3. The molecular formula is C9H15N3OS. The van der Waals surface area contributed by atoms with Crippen molar-refractivity contribution in [2.75, 3.05) is 20.6 Å². The number of nitrogens with one attached hydrogen (secondary N) is 1. The van der Waals surface area contributed by atoms with Crippen molar-refractivity contribution < 1.29 is 4.79 Å². The fraction of sp³-hybridized carbons (Fsp3) is 0.556. The number of carbonyl (C=O) groups excluding carboxylic acids is 1. The van der Waals surface area contributed by atoms with Crippen LogP contribution in [0.1, 0.15) is 10.7 Å². The van der Waals surface area contributed by atoms with Crippen LogP contribution in [0.3, 0.4) is 0 Å². The normalized spacial score (nSPS) is 9.93. The van der Waals surface area contributed by atoms with E-state index >= 15 is 0 Å². The Morgan fingerprint density at radius 3 is 2.86 bits per heavy atom. The summed E-state index contributed by atoms with van der Waals surface area (Å²) < 4.78 is 0. The van der Waals surface area contributed by atoms with Gasteiger partial charge in [-0.1, -0.05) is 0 Å². The summed E-state index contributed by atoms with van der Waals surface area (Å²) in [5, 5.41) is 5.88. The molecule has 1 rings (SSSR count). The lowest BCUT2D eigenvalue weighted by molar-refractivity contribution is 0.217. The van der Waals surface area contributed by atoms with Crippen molar-refractivity contribution in [2.24, 2.45) is 0 Å². The smallest absolute Gasteiger partial charge is 0.316 e. The first-order valence-corrected chi connectivity index (χ1v) is 5.33.